The number of hydrogen-bond acceptors (Lipinski definition) is 4. The summed E-state index contributed by atoms with van der Waals surface area (Å²) in [6.07, 6.45) is 7.87. The summed E-state index contributed by atoms with van der Waals surface area (Å²) in [5.41, 5.74) is 8.33. The van der Waals surface area contributed by atoms with E-state index in [2.05, 4.69) is 55.7 Å². The van der Waals surface area contributed by atoms with Crippen molar-refractivity contribution in [1.82, 2.24) is 14.5 Å². The monoisotopic (exact) mass is 485 g/mol. The standard InChI is InChI=1S/C24H28ClN5S2/c25-20-4-1-19(2-5-20)3-8-23(17-28-12-11-27-18-28)32-22-9-6-21(7-10-22)29-13-15-30(16-14-29)24(26)31/h1-2,4-7,9-12,18,23H,3,8,13-17H2,(H2,26,31). The van der Waals surface area contributed by atoms with E-state index in [9.17, 15) is 0 Å². The number of anilines is 1. The molecule has 0 aliphatic carbocycles. The summed E-state index contributed by atoms with van der Waals surface area (Å²) in [4.78, 5) is 9.96. The second-order valence-corrected chi connectivity index (χ2v) is 10.2. The fourth-order valence-electron chi connectivity index (χ4n) is 3.91. The van der Waals surface area contributed by atoms with Crippen LogP contribution in [0.15, 0.2) is 72.1 Å². The number of rotatable bonds is 8. The van der Waals surface area contributed by atoms with E-state index in [0.29, 0.717) is 10.4 Å². The van der Waals surface area contributed by atoms with Gasteiger partial charge in [-0.25, -0.2) is 4.98 Å². The molecule has 1 atom stereocenters. The molecule has 2 aromatic carbocycles. The van der Waals surface area contributed by atoms with E-state index < -0.39 is 0 Å². The summed E-state index contributed by atoms with van der Waals surface area (Å²) >= 11 is 13.1. The quantitative estimate of drug-likeness (QED) is 0.369. The Hall–Kier alpha value is -2.22. The van der Waals surface area contributed by atoms with Crippen molar-refractivity contribution >= 4 is 46.4 Å². The van der Waals surface area contributed by atoms with Crippen LogP contribution in [0.3, 0.4) is 0 Å². The molecule has 1 aliphatic heterocycles. The van der Waals surface area contributed by atoms with Crippen LogP contribution in [0.1, 0.15) is 12.0 Å². The fourth-order valence-corrected chi connectivity index (χ4v) is 5.38. The number of imidazole rings is 1. The van der Waals surface area contributed by atoms with Gasteiger partial charge in [0.15, 0.2) is 5.11 Å². The maximum atomic E-state index is 6.03. The molecule has 5 nitrogen and oxygen atoms in total. The van der Waals surface area contributed by atoms with E-state index in [1.807, 2.05) is 42.6 Å². The predicted octanol–water partition coefficient (Wildman–Crippen LogP) is 4.70. The summed E-state index contributed by atoms with van der Waals surface area (Å²) in [5.74, 6) is 0. The van der Waals surface area contributed by atoms with Crippen molar-refractivity contribution < 1.29 is 0 Å². The molecule has 3 aromatic rings. The van der Waals surface area contributed by atoms with E-state index in [1.54, 1.807) is 0 Å². The molecule has 1 aliphatic rings. The van der Waals surface area contributed by atoms with Gasteiger partial charge in [-0.1, -0.05) is 23.7 Å². The Kier molecular flexibility index (Phi) is 7.95. The lowest BCUT2D eigenvalue weighted by atomic mass is 10.1. The molecule has 0 spiro atoms. The summed E-state index contributed by atoms with van der Waals surface area (Å²) < 4.78 is 2.16. The lowest BCUT2D eigenvalue weighted by Crippen LogP contribution is -2.50. The van der Waals surface area contributed by atoms with Crippen LogP contribution in [0.2, 0.25) is 5.02 Å². The number of aryl methyl sites for hydroxylation is 1. The van der Waals surface area contributed by atoms with E-state index in [-0.39, 0.29) is 0 Å². The smallest absolute Gasteiger partial charge is 0.166 e. The van der Waals surface area contributed by atoms with Crippen molar-refractivity contribution in [1.29, 1.82) is 0 Å². The minimum absolute atomic E-state index is 0.444. The van der Waals surface area contributed by atoms with Crippen LogP contribution < -0.4 is 10.6 Å². The third kappa shape index (κ3) is 6.40. The van der Waals surface area contributed by atoms with E-state index in [4.69, 9.17) is 29.6 Å². The number of piperazine rings is 1. The van der Waals surface area contributed by atoms with Crippen molar-refractivity contribution in [3.05, 3.63) is 77.8 Å². The first-order valence-electron chi connectivity index (χ1n) is 10.8. The van der Waals surface area contributed by atoms with Crippen LogP contribution in [0.25, 0.3) is 0 Å². The summed E-state index contributed by atoms with van der Waals surface area (Å²) in [6.45, 7) is 4.57. The maximum Gasteiger partial charge on any atom is 0.166 e. The van der Waals surface area contributed by atoms with E-state index in [0.717, 1.165) is 50.6 Å². The lowest BCUT2D eigenvalue weighted by molar-refractivity contribution is 0.388. The summed E-state index contributed by atoms with van der Waals surface area (Å²) in [7, 11) is 0. The van der Waals surface area contributed by atoms with Crippen LogP contribution in [0.4, 0.5) is 5.69 Å². The number of nitrogens with zero attached hydrogens (tertiary/aromatic N) is 4. The van der Waals surface area contributed by atoms with Crippen molar-refractivity contribution in [2.75, 3.05) is 31.1 Å². The number of hydrogen-bond donors (Lipinski definition) is 1. The first-order valence-corrected chi connectivity index (χ1v) is 12.5. The predicted molar refractivity (Wildman–Crippen MR) is 139 cm³/mol. The SMILES string of the molecule is NC(=S)N1CCN(c2ccc(SC(CCc3ccc(Cl)cc3)Cn3ccnc3)cc2)CC1. The molecule has 1 unspecified atom stereocenters. The number of thiocarbonyl (C=S) groups is 1. The van der Waals surface area contributed by atoms with Gasteiger partial charge in [0.1, 0.15) is 0 Å². The van der Waals surface area contributed by atoms with Crippen LogP contribution in [0.5, 0.6) is 0 Å². The molecular weight excluding hydrogens is 458 g/mol. The van der Waals surface area contributed by atoms with Gasteiger partial charge in [0.25, 0.3) is 0 Å². The van der Waals surface area contributed by atoms with Crippen molar-refractivity contribution in [3.8, 4) is 0 Å². The van der Waals surface area contributed by atoms with Crippen LogP contribution in [-0.2, 0) is 13.0 Å². The Morgan fingerprint density at radius 1 is 1.06 bits per heavy atom. The first-order chi connectivity index (χ1) is 15.6. The molecule has 0 bridgehead atoms. The minimum Gasteiger partial charge on any atom is -0.376 e. The lowest BCUT2D eigenvalue weighted by Gasteiger charge is -2.36. The fraction of sp³-hybridized carbons (Fsp3) is 0.333. The minimum atomic E-state index is 0.444. The largest absolute Gasteiger partial charge is 0.376 e. The highest BCUT2D eigenvalue weighted by Crippen LogP contribution is 2.30. The summed E-state index contributed by atoms with van der Waals surface area (Å²) in [5, 5.41) is 1.73. The molecule has 0 amide bonds. The van der Waals surface area contributed by atoms with Crippen LogP contribution >= 0.6 is 35.6 Å². The summed E-state index contributed by atoms with van der Waals surface area (Å²) in [6, 6.07) is 17.1. The van der Waals surface area contributed by atoms with Gasteiger partial charge in [-0.2, -0.15) is 0 Å². The molecule has 0 saturated carbocycles. The molecule has 8 heteroatoms. The molecule has 32 heavy (non-hydrogen) atoms. The average molecular weight is 486 g/mol. The van der Waals surface area contributed by atoms with Gasteiger partial charge in [-0.3, -0.25) is 0 Å². The zero-order valence-electron chi connectivity index (χ0n) is 17.9. The van der Waals surface area contributed by atoms with Crippen molar-refractivity contribution in [2.45, 2.75) is 29.5 Å². The molecule has 2 heterocycles. The second-order valence-electron chi connectivity index (χ2n) is 7.97. The Bertz CT molecular complexity index is 984. The van der Waals surface area contributed by atoms with E-state index in [1.165, 1.54) is 16.1 Å². The highest BCUT2D eigenvalue weighted by Gasteiger charge is 2.18. The highest BCUT2D eigenvalue weighted by atomic mass is 35.5. The molecule has 4 rings (SSSR count). The third-order valence-corrected chi connectivity index (χ3v) is 7.51. The topological polar surface area (TPSA) is 50.3 Å². The number of aromatic nitrogens is 2. The van der Waals surface area contributed by atoms with Crippen molar-refractivity contribution in [3.63, 3.8) is 0 Å². The second kappa shape index (κ2) is 11.1. The molecule has 168 valence electrons. The molecule has 1 fully saturated rings. The van der Waals surface area contributed by atoms with Gasteiger partial charge in [0.05, 0.1) is 6.33 Å². The number of thioether (sulfide) groups is 1. The van der Waals surface area contributed by atoms with Crippen molar-refractivity contribution in [2.24, 2.45) is 5.73 Å². The molecule has 0 radical (unpaired) electrons. The number of nitrogens with two attached hydrogens (primary N) is 1. The molecule has 1 saturated heterocycles. The number of halogens is 1. The normalized spacial score (nSPS) is 15.0. The van der Waals surface area contributed by atoms with Gasteiger partial charge in [-0.15, -0.1) is 11.8 Å². The Labute approximate surface area is 204 Å². The molecule has 2 N–H and O–H groups in total. The van der Waals surface area contributed by atoms with Crippen LogP contribution in [-0.4, -0.2) is 51.0 Å². The Morgan fingerprint density at radius 2 is 1.78 bits per heavy atom. The van der Waals surface area contributed by atoms with Gasteiger partial charge in [0, 0.05) is 66.0 Å². The van der Waals surface area contributed by atoms with Gasteiger partial charge < -0.3 is 20.1 Å². The van der Waals surface area contributed by atoms with Gasteiger partial charge >= 0.3 is 0 Å². The molecular formula is C24H28ClN5S2. The third-order valence-electron chi connectivity index (χ3n) is 5.74. The highest BCUT2D eigenvalue weighted by molar-refractivity contribution is 8.00. The van der Waals surface area contributed by atoms with Crippen LogP contribution in [0, 0.1) is 0 Å². The zero-order chi connectivity index (χ0) is 22.3. The average Bonchev–Trinajstić information content (AvgIpc) is 3.32. The molecule has 1 aromatic heterocycles. The van der Waals surface area contributed by atoms with E-state index >= 15 is 0 Å². The Morgan fingerprint density at radius 3 is 2.41 bits per heavy atom. The Balaban J connectivity index is 1.37. The zero-order valence-corrected chi connectivity index (χ0v) is 20.3. The number of benzene rings is 2. The van der Waals surface area contributed by atoms with Gasteiger partial charge in [0.2, 0.25) is 0 Å². The van der Waals surface area contributed by atoms with Gasteiger partial charge in [-0.05, 0) is 67.0 Å². The maximum absolute atomic E-state index is 6.03. The first kappa shape index (κ1) is 23.0.